The highest BCUT2D eigenvalue weighted by molar-refractivity contribution is 7.22. The first kappa shape index (κ1) is 18.6. The Hall–Kier alpha value is -3.79. The van der Waals surface area contributed by atoms with E-state index in [-0.39, 0.29) is 11.3 Å². The lowest BCUT2D eigenvalue weighted by Gasteiger charge is -2.06. The van der Waals surface area contributed by atoms with Crippen molar-refractivity contribution in [1.29, 1.82) is 0 Å². The number of aromatic nitrogens is 3. The van der Waals surface area contributed by atoms with Crippen molar-refractivity contribution in [2.45, 2.75) is 6.92 Å². The van der Waals surface area contributed by atoms with Crippen LogP contribution >= 0.6 is 11.3 Å². The van der Waals surface area contributed by atoms with Crippen LogP contribution in [0.5, 0.6) is 5.75 Å². The molecule has 0 aliphatic carbocycles. The lowest BCUT2D eigenvalue weighted by Crippen LogP contribution is -2.12. The van der Waals surface area contributed by atoms with Gasteiger partial charge < -0.3 is 9.30 Å². The van der Waals surface area contributed by atoms with Crippen LogP contribution in [0.15, 0.2) is 55.1 Å². The number of nitro groups is 1. The third kappa shape index (κ3) is 3.78. The highest BCUT2D eigenvalue weighted by Gasteiger charge is 2.19. The Morgan fingerprint density at radius 2 is 2.17 bits per heavy atom. The van der Waals surface area contributed by atoms with Crippen LogP contribution in [0.3, 0.4) is 0 Å². The molecule has 4 aromatic rings. The molecule has 0 saturated heterocycles. The number of nitrogens with zero attached hydrogens (tertiary/aromatic N) is 4. The molecule has 4 rings (SSSR count). The van der Waals surface area contributed by atoms with Crippen molar-refractivity contribution in [3.63, 3.8) is 0 Å². The van der Waals surface area contributed by atoms with Gasteiger partial charge in [0.1, 0.15) is 11.4 Å². The van der Waals surface area contributed by atoms with E-state index >= 15 is 0 Å². The number of amides is 1. The smallest absolute Gasteiger partial charge is 0.294 e. The Balaban J connectivity index is 1.60. The minimum absolute atomic E-state index is 0.162. The summed E-state index contributed by atoms with van der Waals surface area (Å²) >= 11 is 1.30. The van der Waals surface area contributed by atoms with Crippen molar-refractivity contribution in [3.05, 3.63) is 70.8 Å². The fourth-order valence-corrected chi connectivity index (χ4v) is 3.70. The standard InChI is InChI=1S/C19H15N5O4S/c1-2-28-13-4-5-14-17(10-13)29-19(21-14)22-18(25)12-3-6-15(16(9-12)24(26)27)23-8-7-20-11-23/h3-11H,2H2,1H3,(H,21,22,25). The van der Waals surface area contributed by atoms with Gasteiger partial charge in [0.05, 0.1) is 28.1 Å². The number of carbonyl (C=O) groups is 1. The summed E-state index contributed by atoms with van der Waals surface area (Å²) in [6.45, 7) is 2.46. The molecule has 0 bridgehead atoms. The summed E-state index contributed by atoms with van der Waals surface area (Å²) in [5, 5.41) is 14.6. The van der Waals surface area contributed by atoms with Crippen LogP contribution in [0.25, 0.3) is 15.9 Å². The summed E-state index contributed by atoms with van der Waals surface area (Å²) in [7, 11) is 0. The number of nitro benzene ring substituents is 1. The summed E-state index contributed by atoms with van der Waals surface area (Å²) < 4.78 is 7.86. The minimum Gasteiger partial charge on any atom is -0.494 e. The molecular weight excluding hydrogens is 394 g/mol. The van der Waals surface area contributed by atoms with Gasteiger partial charge in [0.25, 0.3) is 11.6 Å². The second-order valence-electron chi connectivity index (χ2n) is 5.97. The molecule has 0 unspecified atom stereocenters. The number of nitrogens with one attached hydrogen (secondary N) is 1. The number of benzene rings is 2. The Kier molecular flexibility index (Phi) is 4.92. The van der Waals surface area contributed by atoms with Crippen molar-refractivity contribution in [2.75, 3.05) is 11.9 Å². The molecule has 0 radical (unpaired) electrons. The predicted molar refractivity (Wildman–Crippen MR) is 109 cm³/mol. The van der Waals surface area contributed by atoms with Crippen LogP contribution in [-0.2, 0) is 0 Å². The largest absolute Gasteiger partial charge is 0.494 e. The van der Waals surface area contributed by atoms with Gasteiger partial charge >= 0.3 is 0 Å². The van der Waals surface area contributed by atoms with Crippen LogP contribution < -0.4 is 10.1 Å². The number of hydrogen-bond donors (Lipinski definition) is 1. The first-order valence-electron chi connectivity index (χ1n) is 8.66. The minimum atomic E-state index is -0.529. The van der Waals surface area contributed by atoms with Crippen LogP contribution in [0.1, 0.15) is 17.3 Å². The van der Waals surface area contributed by atoms with Crippen molar-refractivity contribution < 1.29 is 14.5 Å². The summed E-state index contributed by atoms with van der Waals surface area (Å²) in [4.78, 5) is 31.8. The molecule has 2 aromatic heterocycles. The molecule has 0 atom stereocenters. The summed E-state index contributed by atoms with van der Waals surface area (Å²) in [6.07, 6.45) is 4.58. The van der Waals surface area contributed by atoms with Gasteiger partial charge in [-0.2, -0.15) is 0 Å². The molecule has 0 aliphatic heterocycles. The number of rotatable bonds is 6. The molecule has 0 saturated carbocycles. The van der Waals surface area contributed by atoms with E-state index in [2.05, 4.69) is 15.3 Å². The first-order chi connectivity index (χ1) is 14.0. The Labute approximate surface area is 168 Å². The van der Waals surface area contributed by atoms with E-state index in [0.29, 0.717) is 17.4 Å². The van der Waals surface area contributed by atoms with Gasteiger partial charge in [0.15, 0.2) is 5.13 Å². The highest BCUT2D eigenvalue weighted by atomic mass is 32.1. The van der Waals surface area contributed by atoms with Crippen molar-refractivity contribution in [2.24, 2.45) is 0 Å². The van der Waals surface area contributed by atoms with Crippen LogP contribution in [0.2, 0.25) is 0 Å². The average Bonchev–Trinajstić information content (AvgIpc) is 3.37. The molecule has 10 heteroatoms. The van der Waals surface area contributed by atoms with Gasteiger partial charge in [-0.3, -0.25) is 20.2 Å². The number of thiazole rings is 1. The Morgan fingerprint density at radius 1 is 1.31 bits per heavy atom. The van der Waals surface area contributed by atoms with Crippen LogP contribution in [0, 0.1) is 10.1 Å². The van der Waals surface area contributed by atoms with Crippen molar-refractivity contribution in [3.8, 4) is 11.4 Å². The van der Waals surface area contributed by atoms with Crippen LogP contribution in [0.4, 0.5) is 10.8 Å². The number of carbonyl (C=O) groups excluding carboxylic acids is 1. The molecule has 2 heterocycles. The van der Waals surface area contributed by atoms with Gasteiger partial charge in [-0.1, -0.05) is 11.3 Å². The fourth-order valence-electron chi connectivity index (χ4n) is 2.82. The van der Waals surface area contributed by atoms with E-state index in [9.17, 15) is 14.9 Å². The van der Waals surface area contributed by atoms with Crippen molar-refractivity contribution >= 4 is 38.3 Å². The van der Waals surface area contributed by atoms with Gasteiger partial charge in [0, 0.05) is 24.0 Å². The lowest BCUT2D eigenvalue weighted by molar-refractivity contribution is -0.384. The maximum Gasteiger partial charge on any atom is 0.294 e. The molecule has 9 nitrogen and oxygen atoms in total. The molecule has 29 heavy (non-hydrogen) atoms. The van der Waals surface area contributed by atoms with E-state index in [4.69, 9.17) is 4.74 Å². The zero-order chi connectivity index (χ0) is 20.4. The predicted octanol–water partition coefficient (Wildman–Crippen LogP) is 4.04. The molecular formula is C19H15N5O4S. The number of anilines is 1. The molecule has 2 aromatic carbocycles. The summed E-state index contributed by atoms with van der Waals surface area (Å²) in [5.41, 5.74) is 1.03. The third-order valence-electron chi connectivity index (χ3n) is 4.11. The Bertz CT molecular complexity index is 1200. The highest BCUT2D eigenvalue weighted by Crippen LogP contribution is 2.30. The number of ether oxygens (including phenoxy) is 1. The van der Waals surface area contributed by atoms with Gasteiger partial charge in [-0.05, 0) is 37.3 Å². The first-order valence-corrected chi connectivity index (χ1v) is 9.48. The van der Waals surface area contributed by atoms with Crippen molar-refractivity contribution in [1.82, 2.24) is 14.5 Å². The van der Waals surface area contributed by atoms with E-state index in [1.54, 1.807) is 6.20 Å². The quantitative estimate of drug-likeness (QED) is 0.380. The van der Waals surface area contributed by atoms with Gasteiger partial charge in [0.2, 0.25) is 0 Å². The van der Waals surface area contributed by atoms with E-state index in [0.717, 1.165) is 16.0 Å². The van der Waals surface area contributed by atoms with Gasteiger partial charge in [-0.25, -0.2) is 9.97 Å². The van der Waals surface area contributed by atoms with Crippen LogP contribution in [-0.4, -0.2) is 32.0 Å². The second kappa shape index (κ2) is 7.68. The third-order valence-corrected chi connectivity index (χ3v) is 5.04. The lowest BCUT2D eigenvalue weighted by atomic mass is 10.1. The normalized spacial score (nSPS) is 10.8. The van der Waals surface area contributed by atoms with E-state index in [1.165, 1.54) is 46.6 Å². The van der Waals surface area contributed by atoms with E-state index < -0.39 is 10.8 Å². The maximum absolute atomic E-state index is 12.6. The molecule has 146 valence electrons. The Morgan fingerprint density at radius 3 is 2.90 bits per heavy atom. The molecule has 0 aliphatic rings. The number of fused-ring (bicyclic) bond motifs is 1. The molecule has 1 N–H and O–H groups in total. The molecule has 0 spiro atoms. The zero-order valence-corrected chi connectivity index (χ0v) is 16.0. The zero-order valence-electron chi connectivity index (χ0n) is 15.2. The monoisotopic (exact) mass is 409 g/mol. The molecule has 0 fully saturated rings. The number of imidazole rings is 1. The number of hydrogen-bond acceptors (Lipinski definition) is 7. The SMILES string of the molecule is CCOc1ccc2nc(NC(=O)c3ccc(-n4ccnc4)c([N+](=O)[O-])c3)sc2c1. The fraction of sp³-hybridized carbons (Fsp3) is 0.105. The second-order valence-corrected chi connectivity index (χ2v) is 7.00. The summed E-state index contributed by atoms with van der Waals surface area (Å²) in [6, 6.07) is 9.77. The summed E-state index contributed by atoms with van der Waals surface area (Å²) in [5.74, 6) is 0.251. The van der Waals surface area contributed by atoms with Gasteiger partial charge in [-0.15, -0.1) is 0 Å². The average molecular weight is 409 g/mol. The van der Waals surface area contributed by atoms with E-state index in [1.807, 2.05) is 25.1 Å². The maximum atomic E-state index is 12.6. The topological polar surface area (TPSA) is 112 Å². The molecule has 1 amide bonds.